The first-order valence-electron chi connectivity index (χ1n) is 19.7. The Labute approximate surface area is 420 Å². The summed E-state index contributed by atoms with van der Waals surface area (Å²) in [5, 5.41) is 38.5. The van der Waals surface area contributed by atoms with Gasteiger partial charge in [-0.1, -0.05) is 0 Å². The highest BCUT2D eigenvalue weighted by atomic mass is 31.2. The van der Waals surface area contributed by atoms with Gasteiger partial charge < -0.3 is 58.0 Å². The average molecular weight is 1240 g/mol. The smallest absolute Gasteiger partial charge is 0.429 e. The number of phosphoric ester groups is 5. The van der Waals surface area contributed by atoms with Crippen LogP contribution in [0.2, 0.25) is 0 Å². The van der Waals surface area contributed by atoms with Crippen molar-refractivity contribution >= 4 is 46.7 Å². The fraction of sp³-hybridized carbons (Fsp3) is 0.769. The molecule has 0 aromatic rings. The molecule has 0 aliphatic heterocycles. The molecule has 0 saturated heterocycles. The van der Waals surface area contributed by atoms with Crippen LogP contribution in [0.3, 0.4) is 0 Å². The van der Waals surface area contributed by atoms with Crippen molar-refractivity contribution in [3.8, 4) is 0 Å². The van der Waals surface area contributed by atoms with E-state index in [0.717, 1.165) is 6.66 Å². The minimum atomic E-state index is -4.92. The Morgan fingerprint density at radius 3 is 1.16 bits per heavy atom. The highest BCUT2D eigenvalue weighted by Crippen LogP contribution is 2.47. The third-order valence-corrected chi connectivity index (χ3v) is 11.5. The number of nitrogens with one attached hydrogen (secondary N) is 3. The molecule has 0 aromatic heterocycles. The molecule has 0 bridgehead atoms. The summed E-state index contributed by atoms with van der Waals surface area (Å²) in [6, 6.07) is 0. The van der Waals surface area contributed by atoms with Crippen LogP contribution < -0.4 is 16.4 Å². The maximum Gasteiger partial charge on any atom is 0.527 e. The van der Waals surface area contributed by atoms with Gasteiger partial charge >= 0.3 is 46.7 Å². The van der Waals surface area contributed by atoms with Crippen molar-refractivity contribution in [2.24, 2.45) is 17.8 Å². The molecule has 0 fully saturated rings. The van der Waals surface area contributed by atoms with Crippen molar-refractivity contribution < 1.29 is 191 Å². The lowest BCUT2D eigenvalue weighted by molar-refractivity contribution is -0.700. The largest absolute Gasteiger partial charge is 0.527 e. The standard InChI is InChI=1S/C26H55F2N3O38P6/c1-29-17-24(3-4-25(18-30-27)20-57-71(34,35)36)21-58-73(39,40)54-14-8-48-65-68-62-46-6-12-52-72(37,38)53-13-7-47-63-69-66-50-10-16-56-75(43,44)60-23-26(19-31-28)22-59-74(41,42)55-15-9-49-64-67-61-45-5-11-51-70(2,32)33/h5-6,10-12,16,24-26,29-31H,3-4,7-9,13-15,17-23H2,1-2H3,(H,32,33)(H,37,38)(H,39,40)(H,41,42)(H,43,44)(H2,34,35,36)/b11-5+,12-6-,16-10+. The number of hydrogen-bond donors (Lipinski definition) is 10. The van der Waals surface area contributed by atoms with Gasteiger partial charge in [0.25, 0.3) is 0 Å². The normalized spacial score (nSPS) is 17.6. The van der Waals surface area contributed by atoms with E-state index in [1.54, 1.807) is 7.05 Å². The first kappa shape index (κ1) is 73.1. The maximum atomic E-state index is 12.7. The van der Waals surface area contributed by atoms with Gasteiger partial charge in [-0.05, 0) is 53.4 Å². The SMILES string of the molecule is CNCC(CCC(CNF)COP(=O)(O)O)COP(=O)(O)OCCOOOOO/C=C\OP(=O)(O)OCCOOOOO/C=C/OP(=O)(O)OCC(CNF)COP(=O)(O)OCCOOOOO/C=C/OP(C)(=O)O. The van der Waals surface area contributed by atoms with Gasteiger partial charge in [-0.15, -0.1) is 8.96 Å². The quantitative estimate of drug-likeness (QED) is 0.0104. The Bertz CT molecular complexity index is 1840. The minimum absolute atomic E-state index is 0.204. The number of halogens is 2. The average Bonchev–Trinajstić information content (AvgIpc) is 3.31. The molecule has 0 amide bonds. The number of rotatable bonds is 54. The Kier molecular flexibility index (Phi) is 41.9. The van der Waals surface area contributed by atoms with Crippen LogP contribution >= 0.6 is 46.7 Å². The summed E-state index contributed by atoms with van der Waals surface area (Å²) < 4.78 is 141. The predicted molar refractivity (Wildman–Crippen MR) is 222 cm³/mol. The van der Waals surface area contributed by atoms with Crippen LogP contribution in [0.25, 0.3) is 0 Å². The predicted octanol–water partition coefficient (Wildman–Crippen LogP) is 1.90. The topological polar surface area (TPSA) is 511 Å². The first-order valence-corrected chi connectivity index (χ1v) is 29.2. The van der Waals surface area contributed by atoms with Crippen LogP contribution in [0.1, 0.15) is 12.8 Å². The van der Waals surface area contributed by atoms with Crippen molar-refractivity contribution in [1.29, 1.82) is 0 Å². The lowest BCUT2D eigenvalue weighted by atomic mass is 9.96. The summed E-state index contributed by atoms with van der Waals surface area (Å²) in [5.74, 6) is -2.25. The van der Waals surface area contributed by atoms with Crippen LogP contribution in [-0.4, -0.2) is 134 Å². The second-order valence-corrected chi connectivity index (χ2v) is 21.5. The third kappa shape index (κ3) is 50.1. The van der Waals surface area contributed by atoms with E-state index < -0.39 is 130 Å². The van der Waals surface area contributed by atoms with Gasteiger partial charge in [0.15, 0.2) is 18.8 Å². The second-order valence-electron chi connectivity index (χ2n) is 12.8. The Balaban J connectivity index is 4.08. The van der Waals surface area contributed by atoms with Gasteiger partial charge in [0, 0.05) is 55.9 Å². The van der Waals surface area contributed by atoms with Crippen molar-refractivity contribution in [2.75, 3.05) is 99.4 Å². The van der Waals surface area contributed by atoms with E-state index in [-0.39, 0.29) is 32.5 Å². The van der Waals surface area contributed by atoms with Crippen molar-refractivity contribution in [2.45, 2.75) is 12.8 Å². The van der Waals surface area contributed by atoms with Crippen LogP contribution in [0.15, 0.2) is 37.6 Å². The van der Waals surface area contributed by atoms with Crippen molar-refractivity contribution in [3.05, 3.63) is 37.6 Å². The monoisotopic (exact) mass is 1240 g/mol. The molecule has 10 N–H and O–H groups in total. The molecule has 75 heavy (non-hydrogen) atoms. The first-order chi connectivity index (χ1) is 35.3. The van der Waals surface area contributed by atoms with E-state index in [4.69, 9.17) is 23.7 Å². The molecule has 0 saturated carbocycles. The van der Waals surface area contributed by atoms with E-state index in [1.807, 2.05) is 0 Å². The molecular weight excluding hydrogens is 1190 g/mol. The molecule has 41 nitrogen and oxygen atoms in total. The zero-order valence-electron chi connectivity index (χ0n) is 38.5. The molecule has 8 unspecified atom stereocenters. The van der Waals surface area contributed by atoms with Gasteiger partial charge in [0.2, 0.25) is 0 Å². The Morgan fingerprint density at radius 1 is 0.413 bits per heavy atom. The molecule has 0 spiro atoms. The highest BCUT2D eigenvalue weighted by Gasteiger charge is 2.28. The summed E-state index contributed by atoms with van der Waals surface area (Å²) in [6.07, 6.45) is 3.58. The molecular formula is C26H55F2N3O38P6. The highest BCUT2D eigenvalue weighted by molar-refractivity contribution is 7.52. The van der Waals surface area contributed by atoms with E-state index in [9.17, 15) is 55.9 Å². The zero-order chi connectivity index (χ0) is 56.4. The molecule has 49 heteroatoms. The lowest BCUT2D eigenvalue weighted by Gasteiger charge is -2.22. The second kappa shape index (κ2) is 43.0. The fourth-order valence-corrected chi connectivity index (χ4v) is 7.32. The van der Waals surface area contributed by atoms with E-state index >= 15 is 0 Å². The Morgan fingerprint density at radius 2 is 0.760 bits per heavy atom. The molecule has 0 aromatic carbocycles. The van der Waals surface area contributed by atoms with Crippen molar-refractivity contribution in [3.63, 3.8) is 0 Å². The fourth-order valence-electron chi connectivity index (χ4n) is 3.85. The summed E-state index contributed by atoms with van der Waals surface area (Å²) in [6.45, 7) is -5.64. The lowest BCUT2D eigenvalue weighted by Crippen LogP contribution is -2.26. The van der Waals surface area contributed by atoms with Crippen LogP contribution in [-0.2, 0) is 147 Å². The summed E-state index contributed by atoms with van der Waals surface area (Å²) >= 11 is 0. The van der Waals surface area contributed by atoms with Gasteiger partial charge in [0.05, 0.1) is 46.2 Å². The summed E-state index contributed by atoms with van der Waals surface area (Å²) in [7, 11) is -26.1. The van der Waals surface area contributed by atoms with Crippen molar-refractivity contribution in [1.82, 2.24) is 16.4 Å². The summed E-state index contributed by atoms with van der Waals surface area (Å²) in [4.78, 5) is 91.1. The van der Waals surface area contributed by atoms with Gasteiger partial charge in [-0.25, -0.2) is 42.1 Å². The van der Waals surface area contributed by atoms with Crippen LogP contribution in [0.5, 0.6) is 0 Å². The van der Waals surface area contributed by atoms with Crippen LogP contribution in [0, 0.1) is 17.8 Å². The molecule has 0 aliphatic carbocycles. The van der Waals surface area contributed by atoms with E-state index in [1.165, 1.54) is 11.1 Å². The molecule has 8 atom stereocenters. The summed E-state index contributed by atoms with van der Waals surface area (Å²) in [5.41, 5.74) is 2.60. The minimum Gasteiger partial charge on any atom is -0.429 e. The molecule has 0 aliphatic rings. The Hall–Kier alpha value is -1.90. The van der Waals surface area contributed by atoms with Gasteiger partial charge in [0.1, 0.15) is 38.6 Å². The molecule has 446 valence electrons. The zero-order valence-corrected chi connectivity index (χ0v) is 43.9. The third-order valence-electron chi connectivity index (χ3n) is 6.78. The molecule has 0 rings (SSSR count). The van der Waals surface area contributed by atoms with E-state index in [2.05, 4.69) is 116 Å². The molecule has 0 heterocycles. The molecule has 0 radical (unpaired) electrons. The van der Waals surface area contributed by atoms with Crippen LogP contribution in [0.4, 0.5) is 8.96 Å². The van der Waals surface area contributed by atoms with Gasteiger partial charge in [-0.2, -0.15) is 11.1 Å². The number of hydrogen-bond acceptors (Lipinski definition) is 34. The number of phosphoric acid groups is 5. The maximum absolute atomic E-state index is 12.7. The van der Waals surface area contributed by atoms with Gasteiger partial charge in [-0.3, -0.25) is 41.5 Å². The van der Waals surface area contributed by atoms with E-state index in [0.29, 0.717) is 37.6 Å².